The first-order valence-electron chi connectivity index (χ1n) is 14.8. The van der Waals surface area contributed by atoms with E-state index in [1.165, 1.54) is 0 Å². The molecule has 3 aromatic rings. The fourth-order valence-electron chi connectivity index (χ4n) is 4.43. The van der Waals surface area contributed by atoms with Crippen molar-refractivity contribution in [3.05, 3.63) is 82.9 Å². The fraction of sp³-hybridized carbons (Fsp3) is 0.333. The van der Waals surface area contributed by atoms with Gasteiger partial charge in [-0.25, -0.2) is 5.43 Å². The van der Waals surface area contributed by atoms with E-state index < -0.39 is 6.10 Å². The average molecular weight is 636 g/mol. The van der Waals surface area contributed by atoms with E-state index >= 15 is 0 Å². The molecular formula is C33H38ClN5O6. The maximum Gasteiger partial charge on any atom is 0.258 e. The smallest absolute Gasteiger partial charge is 0.258 e. The number of carbonyl (C=O) groups is 3. The molecule has 4 rings (SSSR count). The number of hydrogen-bond acceptors (Lipinski definition) is 8. The third-order valence-corrected chi connectivity index (χ3v) is 7.10. The first kappa shape index (κ1) is 33.4. The molecule has 0 spiro atoms. The first-order chi connectivity index (χ1) is 21.7. The van der Waals surface area contributed by atoms with Gasteiger partial charge in [0.1, 0.15) is 24.2 Å². The van der Waals surface area contributed by atoms with Gasteiger partial charge in [-0.2, -0.15) is 5.10 Å². The zero-order chi connectivity index (χ0) is 32.2. The van der Waals surface area contributed by atoms with Crippen molar-refractivity contribution in [3.63, 3.8) is 0 Å². The van der Waals surface area contributed by atoms with E-state index in [0.717, 1.165) is 22.4 Å². The number of hydrogen-bond donors (Lipinski definition) is 5. The Morgan fingerprint density at radius 2 is 1.71 bits per heavy atom. The summed E-state index contributed by atoms with van der Waals surface area (Å²) in [6, 6.07) is 20.0. The van der Waals surface area contributed by atoms with Gasteiger partial charge in [0.15, 0.2) is 6.61 Å². The molecule has 1 heterocycles. The lowest BCUT2D eigenvalue weighted by Gasteiger charge is -2.15. The predicted molar refractivity (Wildman–Crippen MR) is 173 cm³/mol. The summed E-state index contributed by atoms with van der Waals surface area (Å²) in [6.07, 6.45) is 0.245. The van der Waals surface area contributed by atoms with Crippen molar-refractivity contribution in [2.45, 2.75) is 38.8 Å². The van der Waals surface area contributed by atoms with Crippen molar-refractivity contribution >= 4 is 35.0 Å². The molecule has 0 aliphatic carbocycles. The topological polar surface area (TPSA) is 150 Å². The second kappa shape index (κ2) is 16.6. The number of halogens is 1. The van der Waals surface area contributed by atoms with Crippen LogP contribution in [0.1, 0.15) is 42.6 Å². The summed E-state index contributed by atoms with van der Waals surface area (Å²) >= 11 is 6.33. The molecule has 0 saturated carbocycles. The van der Waals surface area contributed by atoms with Crippen LogP contribution in [0.4, 0.5) is 0 Å². The SMILES string of the molecule is CC(C)NC[C@H](O)COc1ccc(-c2ccccc2C(=O)NCCNC(=O)COc2ccc(C3=NNC(=O)CC3)cc2Cl)cc1. The standard InChI is InChI=1S/C33H38ClN5O6/c1-21(2)37-18-24(40)19-44-25-10-7-22(8-11-25)26-5-3-4-6-27(26)33(43)36-16-15-35-32(42)20-45-30-13-9-23(17-28(30)34)29-12-14-31(41)39-38-29/h3-11,13,17,21,24,37,40H,12,14-16,18-20H2,1-2H3,(H,35,42)(H,36,43)(H,39,41)/t24-/m0/s1. The normalized spacial score (nSPS) is 13.4. The van der Waals surface area contributed by atoms with Crippen LogP contribution in [0.15, 0.2) is 71.8 Å². The van der Waals surface area contributed by atoms with Crippen LogP contribution in [-0.2, 0) is 9.59 Å². The number of aliphatic hydroxyl groups excluding tert-OH is 1. The highest BCUT2D eigenvalue weighted by molar-refractivity contribution is 6.32. The molecule has 0 aromatic heterocycles. The van der Waals surface area contributed by atoms with Gasteiger partial charge < -0.3 is 30.5 Å². The Bertz CT molecular complexity index is 1510. The number of rotatable bonds is 15. The van der Waals surface area contributed by atoms with E-state index in [1.54, 1.807) is 42.5 Å². The molecule has 11 nitrogen and oxygen atoms in total. The Morgan fingerprint density at radius 3 is 2.42 bits per heavy atom. The quantitative estimate of drug-likeness (QED) is 0.161. The number of hydrazone groups is 1. The van der Waals surface area contributed by atoms with Crippen molar-refractivity contribution < 1.29 is 29.0 Å². The van der Waals surface area contributed by atoms with Crippen molar-refractivity contribution in [2.75, 3.05) is 32.8 Å². The van der Waals surface area contributed by atoms with Crippen molar-refractivity contribution in [1.29, 1.82) is 0 Å². The average Bonchev–Trinajstić information content (AvgIpc) is 3.04. The number of benzene rings is 3. The number of carbonyl (C=O) groups excluding carboxylic acids is 3. The largest absolute Gasteiger partial charge is 0.491 e. The lowest BCUT2D eigenvalue weighted by Crippen LogP contribution is -2.36. The molecule has 1 aliphatic heterocycles. The van der Waals surface area contributed by atoms with Crippen molar-refractivity contribution in [3.8, 4) is 22.6 Å². The minimum atomic E-state index is -0.625. The summed E-state index contributed by atoms with van der Waals surface area (Å²) in [6.45, 7) is 4.81. The highest BCUT2D eigenvalue weighted by Gasteiger charge is 2.16. The highest BCUT2D eigenvalue weighted by atomic mass is 35.5. The Kier molecular flexibility index (Phi) is 12.3. The lowest BCUT2D eigenvalue weighted by atomic mass is 9.99. The molecule has 0 radical (unpaired) electrons. The molecule has 0 fully saturated rings. The first-order valence-corrected chi connectivity index (χ1v) is 15.1. The summed E-state index contributed by atoms with van der Waals surface area (Å²) in [5.74, 6) is 0.199. The molecule has 1 atom stereocenters. The summed E-state index contributed by atoms with van der Waals surface area (Å²) < 4.78 is 11.3. The third kappa shape index (κ3) is 10.3. The van der Waals surface area contributed by atoms with Crippen molar-refractivity contribution in [1.82, 2.24) is 21.4 Å². The van der Waals surface area contributed by atoms with Gasteiger partial charge in [-0.1, -0.05) is 55.8 Å². The van der Waals surface area contributed by atoms with Gasteiger partial charge in [-0.05, 0) is 53.1 Å². The zero-order valence-corrected chi connectivity index (χ0v) is 26.0. The summed E-state index contributed by atoms with van der Waals surface area (Å²) in [4.78, 5) is 36.6. The van der Waals surface area contributed by atoms with Crippen LogP contribution in [0.25, 0.3) is 11.1 Å². The summed E-state index contributed by atoms with van der Waals surface area (Å²) in [5, 5.41) is 23.2. The van der Waals surface area contributed by atoms with Crippen LogP contribution < -0.4 is 30.8 Å². The molecule has 12 heteroatoms. The van der Waals surface area contributed by atoms with Crippen LogP contribution in [0.5, 0.6) is 11.5 Å². The van der Waals surface area contributed by atoms with Gasteiger partial charge in [0, 0.05) is 44.1 Å². The molecule has 3 aromatic carbocycles. The second-order valence-corrected chi connectivity index (χ2v) is 11.1. The number of aliphatic hydroxyl groups is 1. The lowest BCUT2D eigenvalue weighted by molar-refractivity contribution is -0.123. The van der Waals surface area contributed by atoms with Crippen molar-refractivity contribution in [2.24, 2.45) is 5.10 Å². The van der Waals surface area contributed by atoms with E-state index in [2.05, 4.69) is 26.5 Å². The van der Waals surface area contributed by atoms with E-state index in [-0.39, 0.29) is 50.1 Å². The fourth-order valence-corrected chi connectivity index (χ4v) is 4.67. The molecule has 1 aliphatic rings. The molecule has 0 unspecified atom stereocenters. The molecule has 0 saturated heterocycles. The maximum atomic E-state index is 13.0. The number of nitrogens with zero attached hydrogens (tertiary/aromatic N) is 1. The minimum Gasteiger partial charge on any atom is -0.491 e. The molecule has 0 bridgehead atoms. The van der Waals surface area contributed by atoms with Crippen LogP contribution in [0.3, 0.4) is 0 Å². The van der Waals surface area contributed by atoms with E-state index in [4.69, 9.17) is 21.1 Å². The zero-order valence-electron chi connectivity index (χ0n) is 25.3. The molecular weight excluding hydrogens is 598 g/mol. The predicted octanol–water partition coefficient (Wildman–Crippen LogP) is 3.28. The molecule has 45 heavy (non-hydrogen) atoms. The third-order valence-electron chi connectivity index (χ3n) is 6.80. The van der Waals surface area contributed by atoms with Crippen LogP contribution in [0, 0.1) is 0 Å². The van der Waals surface area contributed by atoms with Gasteiger partial charge in [-0.15, -0.1) is 0 Å². The Balaban J connectivity index is 1.21. The summed E-state index contributed by atoms with van der Waals surface area (Å²) in [7, 11) is 0. The molecule has 5 N–H and O–H groups in total. The maximum absolute atomic E-state index is 13.0. The van der Waals surface area contributed by atoms with E-state index in [1.807, 2.05) is 38.1 Å². The van der Waals surface area contributed by atoms with Gasteiger partial charge in [-0.3, -0.25) is 14.4 Å². The van der Waals surface area contributed by atoms with E-state index in [9.17, 15) is 19.5 Å². The highest BCUT2D eigenvalue weighted by Crippen LogP contribution is 2.27. The van der Waals surface area contributed by atoms with Crippen LogP contribution in [0.2, 0.25) is 5.02 Å². The number of ether oxygens (including phenoxy) is 2. The Labute approximate surface area is 267 Å². The number of amides is 3. The van der Waals surface area contributed by atoms with Gasteiger partial charge in [0.2, 0.25) is 5.91 Å². The molecule has 3 amide bonds. The van der Waals surface area contributed by atoms with Crippen LogP contribution >= 0.6 is 11.6 Å². The van der Waals surface area contributed by atoms with Gasteiger partial charge >= 0.3 is 0 Å². The van der Waals surface area contributed by atoms with Gasteiger partial charge in [0.25, 0.3) is 11.8 Å². The summed E-state index contributed by atoms with van der Waals surface area (Å²) in [5.41, 5.74) is 6.02. The Hall–Kier alpha value is -4.45. The second-order valence-electron chi connectivity index (χ2n) is 10.7. The molecule has 238 valence electrons. The minimum absolute atomic E-state index is 0.128. The van der Waals surface area contributed by atoms with Gasteiger partial charge in [0.05, 0.1) is 10.7 Å². The van der Waals surface area contributed by atoms with E-state index in [0.29, 0.717) is 41.5 Å². The number of nitrogens with one attached hydrogen (secondary N) is 4. The van der Waals surface area contributed by atoms with Crippen LogP contribution in [-0.4, -0.2) is 73.5 Å². The Morgan fingerprint density at radius 1 is 0.978 bits per heavy atom. The monoisotopic (exact) mass is 635 g/mol.